The summed E-state index contributed by atoms with van der Waals surface area (Å²) < 4.78 is 5.72. The predicted octanol–water partition coefficient (Wildman–Crippen LogP) is 1.98. The van der Waals surface area contributed by atoms with Crippen molar-refractivity contribution < 1.29 is 4.74 Å². The Hall–Kier alpha value is -1.13. The lowest BCUT2D eigenvalue weighted by atomic mass is 10.1. The largest absolute Gasteiger partial charge is 0.372 e. The van der Waals surface area contributed by atoms with Crippen molar-refractivity contribution in [3.05, 3.63) is 24.0 Å². The number of pyridine rings is 1. The number of ether oxygens (including phenoxy) is 1. The number of morpholine rings is 1. The molecule has 1 aliphatic rings. The van der Waals surface area contributed by atoms with Gasteiger partial charge in [-0.25, -0.2) is 0 Å². The zero-order valence-corrected chi connectivity index (χ0v) is 11.7. The third-order valence-corrected chi connectivity index (χ3v) is 3.44. The van der Waals surface area contributed by atoms with E-state index in [1.165, 1.54) is 5.69 Å². The molecule has 100 valence electrons. The lowest BCUT2D eigenvalue weighted by molar-refractivity contribution is -0.0277. The molecule has 0 bridgehead atoms. The first-order chi connectivity index (χ1) is 8.52. The number of hydrogen-bond acceptors (Lipinski definition) is 4. The summed E-state index contributed by atoms with van der Waals surface area (Å²) in [5.41, 5.74) is 2.18. The van der Waals surface area contributed by atoms with Gasteiger partial charge >= 0.3 is 0 Å². The van der Waals surface area contributed by atoms with Crippen molar-refractivity contribution in [1.29, 1.82) is 0 Å². The zero-order chi connectivity index (χ0) is 13.2. The number of nitrogens with zero attached hydrogens (tertiary/aromatic N) is 2. The van der Waals surface area contributed by atoms with Gasteiger partial charge in [-0.05, 0) is 40.0 Å². The van der Waals surface area contributed by atoms with Crippen molar-refractivity contribution >= 4 is 5.69 Å². The summed E-state index contributed by atoms with van der Waals surface area (Å²) in [5.74, 6) is 0. The molecule has 2 heterocycles. The Morgan fingerprint density at radius 2 is 2.22 bits per heavy atom. The summed E-state index contributed by atoms with van der Waals surface area (Å²) in [6.45, 7) is 9.00. The average Bonchev–Trinajstić information content (AvgIpc) is 2.37. The molecule has 0 saturated carbocycles. The molecule has 0 spiro atoms. The van der Waals surface area contributed by atoms with E-state index in [-0.39, 0.29) is 5.60 Å². The predicted molar refractivity (Wildman–Crippen MR) is 74.0 cm³/mol. The number of aromatic nitrogens is 1. The van der Waals surface area contributed by atoms with E-state index in [1.54, 1.807) is 0 Å². The zero-order valence-electron chi connectivity index (χ0n) is 11.7. The Morgan fingerprint density at radius 1 is 1.44 bits per heavy atom. The lowest BCUT2D eigenvalue weighted by Gasteiger charge is -2.39. The van der Waals surface area contributed by atoms with Crippen LogP contribution in [0.25, 0.3) is 0 Å². The van der Waals surface area contributed by atoms with Crippen LogP contribution >= 0.6 is 0 Å². The summed E-state index contributed by atoms with van der Waals surface area (Å²) in [6, 6.07) is 4.54. The van der Waals surface area contributed by atoms with Gasteiger partial charge in [0.1, 0.15) is 0 Å². The highest BCUT2D eigenvalue weighted by molar-refractivity contribution is 5.45. The normalized spacial score (nSPS) is 20.8. The summed E-state index contributed by atoms with van der Waals surface area (Å²) in [5, 5.41) is 3.20. The topological polar surface area (TPSA) is 37.4 Å². The van der Waals surface area contributed by atoms with Crippen molar-refractivity contribution in [1.82, 2.24) is 10.3 Å². The Labute approximate surface area is 109 Å². The molecule has 1 aliphatic heterocycles. The van der Waals surface area contributed by atoms with Crippen LogP contribution in [0, 0.1) is 0 Å². The first-order valence-corrected chi connectivity index (χ1v) is 6.54. The second kappa shape index (κ2) is 5.24. The maximum Gasteiger partial charge on any atom is 0.0801 e. The van der Waals surface area contributed by atoms with Crippen molar-refractivity contribution in [2.24, 2.45) is 0 Å². The van der Waals surface area contributed by atoms with Gasteiger partial charge in [0, 0.05) is 19.1 Å². The SMILES string of the molecule is CNC(C)c1ccc(N2CCOC(C)(C)C2)cn1. The summed E-state index contributed by atoms with van der Waals surface area (Å²) in [7, 11) is 1.95. The number of nitrogens with one attached hydrogen (secondary N) is 1. The van der Waals surface area contributed by atoms with Gasteiger partial charge in [0.25, 0.3) is 0 Å². The highest BCUT2D eigenvalue weighted by Gasteiger charge is 2.27. The maximum atomic E-state index is 5.72. The molecule has 1 atom stereocenters. The molecule has 1 aromatic heterocycles. The Balaban J connectivity index is 2.09. The Bertz CT molecular complexity index is 389. The minimum atomic E-state index is -0.0742. The molecule has 0 radical (unpaired) electrons. The van der Waals surface area contributed by atoms with Gasteiger partial charge in [0.05, 0.1) is 29.8 Å². The molecular formula is C14H23N3O. The Morgan fingerprint density at radius 3 is 2.78 bits per heavy atom. The highest BCUT2D eigenvalue weighted by atomic mass is 16.5. The smallest absolute Gasteiger partial charge is 0.0801 e. The van der Waals surface area contributed by atoms with E-state index in [0.717, 1.165) is 25.4 Å². The fourth-order valence-corrected chi connectivity index (χ4v) is 2.23. The monoisotopic (exact) mass is 249 g/mol. The molecule has 0 aromatic carbocycles. The fraction of sp³-hybridized carbons (Fsp3) is 0.643. The molecule has 1 N–H and O–H groups in total. The van der Waals surface area contributed by atoms with Gasteiger partial charge < -0.3 is 15.0 Å². The minimum absolute atomic E-state index is 0.0742. The van der Waals surface area contributed by atoms with Gasteiger partial charge in [0.2, 0.25) is 0 Å². The van der Waals surface area contributed by atoms with Crippen LogP contribution in [0.15, 0.2) is 18.3 Å². The van der Waals surface area contributed by atoms with Crippen LogP contribution < -0.4 is 10.2 Å². The van der Waals surface area contributed by atoms with Crippen molar-refractivity contribution in [3.8, 4) is 0 Å². The van der Waals surface area contributed by atoms with Gasteiger partial charge in [-0.2, -0.15) is 0 Å². The molecule has 1 aromatic rings. The van der Waals surface area contributed by atoms with E-state index in [9.17, 15) is 0 Å². The van der Waals surface area contributed by atoms with Crippen LogP contribution in [0.4, 0.5) is 5.69 Å². The minimum Gasteiger partial charge on any atom is -0.372 e. The Kier molecular flexibility index (Phi) is 3.88. The molecule has 0 aliphatic carbocycles. The third-order valence-electron chi connectivity index (χ3n) is 3.44. The van der Waals surface area contributed by atoms with Gasteiger partial charge in [0.15, 0.2) is 0 Å². The van der Waals surface area contributed by atoms with E-state index >= 15 is 0 Å². The van der Waals surface area contributed by atoms with Crippen molar-refractivity contribution in [2.45, 2.75) is 32.4 Å². The van der Waals surface area contributed by atoms with Crippen LogP contribution in [0.2, 0.25) is 0 Å². The molecule has 1 saturated heterocycles. The summed E-state index contributed by atoms with van der Waals surface area (Å²) in [4.78, 5) is 6.87. The number of rotatable bonds is 3. The second-order valence-electron chi connectivity index (χ2n) is 5.48. The quantitative estimate of drug-likeness (QED) is 0.889. The van der Waals surface area contributed by atoms with E-state index in [2.05, 4.69) is 48.1 Å². The number of anilines is 1. The van der Waals surface area contributed by atoms with Gasteiger partial charge in [-0.1, -0.05) is 0 Å². The first-order valence-electron chi connectivity index (χ1n) is 6.54. The molecule has 1 fully saturated rings. The fourth-order valence-electron chi connectivity index (χ4n) is 2.23. The molecule has 4 nitrogen and oxygen atoms in total. The standard InChI is InChI=1S/C14H23N3O/c1-11(15-4)13-6-5-12(9-16-13)17-7-8-18-14(2,3)10-17/h5-6,9,11,15H,7-8,10H2,1-4H3. The van der Waals surface area contributed by atoms with Crippen molar-refractivity contribution in [2.75, 3.05) is 31.6 Å². The van der Waals surface area contributed by atoms with Gasteiger partial charge in [-0.3, -0.25) is 4.98 Å². The van der Waals surface area contributed by atoms with Crippen LogP contribution in [0.5, 0.6) is 0 Å². The summed E-state index contributed by atoms with van der Waals surface area (Å²) in [6.07, 6.45) is 1.96. The molecule has 1 unspecified atom stereocenters. The van der Waals surface area contributed by atoms with E-state index in [0.29, 0.717) is 6.04 Å². The van der Waals surface area contributed by atoms with Crippen LogP contribution in [-0.4, -0.2) is 37.3 Å². The molecular weight excluding hydrogens is 226 g/mol. The molecule has 18 heavy (non-hydrogen) atoms. The van der Waals surface area contributed by atoms with Gasteiger partial charge in [-0.15, -0.1) is 0 Å². The highest BCUT2D eigenvalue weighted by Crippen LogP contribution is 2.23. The van der Waals surface area contributed by atoms with E-state index in [4.69, 9.17) is 4.74 Å². The maximum absolute atomic E-state index is 5.72. The average molecular weight is 249 g/mol. The molecule has 0 amide bonds. The molecule has 2 rings (SSSR count). The van der Waals surface area contributed by atoms with Crippen LogP contribution in [0.1, 0.15) is 32.5 Å². The van der Waals surface area contributed by atoms with Crippen LogP contribution in [-0.2, 0) is 4.74 Å². The second-order valence-corrected chi connectivity index (χ2v) is 5.48. The van der Waals surface area contributed by atoms with Crippen molar-refractivity contribution in [3.63, 3.8) is 0 Å². The van der Waals surface area contributed by atoms with E-state index in [1.807, 2.05) is 13.2 Å². The summed E-state index contributed by atoms with van der Waals surface area (Å²) >= 11 is 0. The third kappa shape index (κ3) is 3.00. The molecule has 4 heteroatoms. The number of hydrogen-bond donors (Lipinski definition) is 1. The first kappa shape index (κ1) is 13.3. The van der Waals surface area contributed by atoms with Crippen LogP contribution in [0.3, 0.4) is 0 Å². The van der Waals surface area contributed by atoms with E-state index < -0.39 is 0 Å². The lowest BCUT2D eigenvalue weighted by Crippen LogP contribution is -2.48.